The molecule has 2 heterocycles. The molecule has 2 aromatic carbocycles. The van der Waals surface area contributed by atoms with Crippen molar-refractivity contribution in [1.82, 2.24) is 5.32 Å². The van der Waals surface area contributed by atoms with Crippen LogP contribution >= 0.6 is 23.2 Å². The van der Waals surface area contributed by atoms with Gasteiger partial charge in [0.1, 0.15) is 17.4 Å². The number of benzene rings is 2. The molecule has 6 heteroatoms. The number of nitrogens with zero attached hydrogens (tertiary/aromatic N) is 1. The number of rotatable bonds is 2. The maximum atomic E-state index is 9.73. The fraction of sp³-hybridized carbons (Fsp3) is 0.136. The van der Waals surface area contributed by atoms with Crippen molar-refractivity contribution in [3.05, 3.63) is 98.1 Å². The van der Waals surface area contributed by atoms with Crippen LogP contribution in [0.4, 0.5) is 0 Å². The zero-order chi connectivity index (χ0) is 19.7. The minimum atomic E-state index is -0.357. The van der Waals surface area contributed by atoms with Gasteiger partial charge in [0.15, 0.2) is 0 Å². The van der Waals surface area contributed by atoms with Crippen LogP contribution in [0.1, 0.15) is 17.0 Å². The molecule has 4 nitrogen and oxygen atoms in total. The Morgan fingerprint density at radius 3 is 2.50 bits per heavy atom. The molecule has 0 fully saturated rings. The highest BCUT2D eigenvalue weighted by atomic mass is 35.5. The Balaban J connectivity index is 1.88. The summed E-state index contributed by atoms with van der Waals surface area (Å²) in [6, 6.07) is 17.3. The summed E-state index contributed by atoms with van der Waals surface area (Å²) in [4.78, 5) is 0. The molecular weight excluding hydrogens is 393 g/mol. The fourth-order valence-corrected chi connectivity index (χ4v) is 4.05. The molecule has 1 atom stereocenters. The monoisotopic (exact) mass is 409 g/mol. The summed E-state index contributed by atoms with van der Waals surface area (Å²) in [5.74, 6) is 0.433. The van der Waals surface area contributed by atoms with Crippen molar-refractivity contribution in [3.63, 3.8) is 0 Å². The smallest absolute Gasteiger partial charge is 0.205 e. The lowest BCUT2D eigenvalue weighted by Gasteiger charge is -2.34. The zero-order valence-electron chi connectivity index (χ0n) is 14.9. The molecule has 28 heavy (non-hydrogen) atoms. The summed E-state index contributed by atoms with van der Waals surface area (Å²) in [7, 11) is 0. The molecule has 2 aliphatic heterocycles. The summed E-state index contributed by atoms with van der Waals surface area (Å²) in [5.41, 5.74) is 10.1. The van der Waals surface area contributed by atoms with Gasteiger partial charge in [-0.05, 0) is 34.9 Å². The SMILES string of the molecule is N#CC1=C(N)OC2=C(CNC/C2=C\c2ccccc2Cl)[C@@H]1c1ccccc1Cl. The number of nitriles is 1. The van der Waals surface area contributed by atoms with Crippen LogP contribution in [-0.4, -0.2) is 13.1 Å². The van der Waals surface area contributed by atoms with Gasteiger partial charge in [-0.1, -0.05) is 59.6 Å². The van der Waals surface area contributed by atoms with Gasteiger partial charge in [0.2, 0.25) is 5.88 Å². The van der Waals surface area contributed by atoms with Crippen LogP contribution in [0.3, 0.4) is 0 Å². The molecule has 3 N–H and O–H groups in total. The minimum absolute atomic E-state index is 0.109. The fourth-order valence-electron chi connectivity index (χ4n) is 3.61. The first-order valence-electron chi connectivity index (χ1n) is 8.81. The van der Waals surface area contributed by atoms with Crippen LogP contribution < -0.4 is 11.1 Å². The molecular formula is C22H17Cl2N3O. The molecule has 0 bridgehead atoms. The second-order valence-electron chi connectivity index (χ2n) is 6.60. The van der Waals surface area contributed by atoms with Crippen molar-refractivity contribution in [2.45, 2.75) is 5.92 Å². The second kappa shape index (κ2) is 7.73. The van der Waals surface area contributed by atoms with Crippen molar-refractivity contribution >= 4 is 29.3 Å². The van der Waals surface area contributed by atoms with Crippen molar-refractivity contribution in [2.75, 3.05) is 13.1 Å². The van der Waals surface area contributed by atoms with Gasteiger partial charge in [-0.25, -0.2) is 0 Å². The van der Waals surface area contributed by atoms with Gasteiger partial charge >= 0.3 is 0 Å². The minimum Gasteiger partial charge on any atom is -0.440 e. The number of ether oxygens (including phenoxy) is 1. The van der Waals surface area contributed by atoms with Crippen molar-refractivity contribution < 1.29 is 4.74 Å². The molecule has 0 aromatic heterocycles. The van der Waals surface area contributed by atoms with Crippen LogP contribution in [0.25, 0.3) is 6.08 Å². The van der Waals surface area contributed by atoms with Crippen LogP contribution in [0.2, 0.25) is 10.0 Å². The number of hydrogen-bond donors (Lipinski definition) is 2. The lowest BCUT2D eigenvalue weighted by Crippen LogP contribution is -2.34. The number of nitrogens with one attached hydrogen (secondary N) is 1. The Bertz CT molecular complexity index is 1080. The summed E-state index contributed by atoms with van der Waals surface area (Å²) >= 11 is 12.8. The van der Waals surface area contributed by atoms with Crippen LogP contribution in [-0.2, 0) is 4.74 Å². The normalized spacial score (nSPS) is 20.6. The third kappa shape index (κ3) is 3.29. The lowest BCUT2D eigenvalue weighted by molar-refractivity contribution is 0.279. The Labute approximate surface area is 173 Å². The quantitative estimate of drug-likeness (QED) is 0.750. The van der Waals surface area contributed by atoms with E-state index in [0.717, 1.165) is 22.3 Å². The van der Waals surface area contributed by atoms with Gasteiger partial charge in [0, 0.05) is 28.7 Å². The van der Waals surface area contributed by atoms with E-state index >= 15 is 0 Å². The van der Waals surface area contributed by atoms with E-state index in [9.17, 15) is 5.26 Å². The van der Waals surface area contributed by atoms with E-state index in [1.807, 2.05) is 54.6 Å². The Morgan fingerprint density at radius 1 is 1.07 bits per heavy atom. The van der Waals surface area contributed by atoms with Crippen LogP contribution in [0.5, 0.6) is 0 Å². The van der Waals surface area contributed by atoms with Crippen LogP contribution in [0, 0.1) is 11.3 Å². The molecule has 0 saturated carbocycles. The Kier molecular flexibility index (Phi) is 5.15. The predicted octanol–water partition coefficient (Wildman–Crippen LogP) is 4.74. The number of nitrogens with two attached hydrogens (primary N) is 1. The van der Waals surface area contributed by atoms with Gasteiger partial charge in [-0.3, -0.25) is 0 Å². The van der Waals surface area contributed by atoms with Gasteiger partial charge < -0.3 is 15.8 Å². The second-order valence-corrected chi connectivity index (χ2v) is 7.41. The third-order valence-corrected chi connectivity index (χ3v) is 5.59. The first-order chi connectivity index (χ1) is 13.6. The Hall–Kier alpha value is -2.71. The molecule has 0 amide bonds. The molecule has 0 spiro atoms. The Morgan fingerprint density at radius 2 is 1.79 bits per heavy atom. The molecule has 140 valence electrons. The summed E-state index contributed by atoms with van der Waals surface area (Å²) < 4.78 is 5.93. The average molecular weight is 410 g/mol. The van der Waals surface area contributed by atoms with Gasteiger partial charge in [0.25, 0.3) is 0 Å². The lowest BCUT2D eigenvalue weighted by atomic mass is 9.80. The average Bonchev–Trinajstić information content (AvgIpc) is 2.70. The first kappa shape index (κ1) is 18.6. The zero-order valence-corrected chi connectivity index (χ0v) is 16.4. The van der Waals surface area contributed by atoms with E-state index in [1.54, 1.807) is 0 Å². The molecule has 4 rings (SSSR count). The van der Waals surface area contributed by atoms with E-state index in [1.165, 1.54) is 0 Å². The molecule has 2 aromatic rings. The molecule has 0 saturated heterocycles. The van der Waals surface area contributed by atoms with Gasteiger partial charge in [-0.15, -0.1) is 0 Å². The summed E-state index contributed by atoms with van der Waals surface area (Å²) in [6.45, 7) is 1.18. The van der Waals surface area contributed by atoms with Crippen LogP contribution in [0.15, 0.2) is 76.9 Å². The maximum Gasteiger partial charge on any atom is 0.205 e. The van der Waals surface area contributed by atoms with Gasteiger partial charge in [-0.2, -0.15) is 5.26 Å². The number of halogens is 2. The first-order valence-corrected chi connectivity index (χ1v) is 9.57. The van der Waals surface area contributed by atoms with E-state index < -0.39 is 0 Å². The summed E-state index contributed by atoms with van der Waals surface area (Å²) in [6.07, 6.45) is 1.98. The van der Waals surface area contributed by atoms with Crippen molar-refractivity contribution in [2.24, 2.45) is 5.73 Å². The van der Waals surface area contributed by atoms with Gasteiger partial charge in [0.05, 0.1) is 5.92 Å². The topological polar surface area (TPSA) is 71.1 Å². The van der Waals surface area contributed by atoms with Crippen molar-refractivity contribution in [3.8, 4) is 6.07 Å². The molecule has 0 aliphatic carbocycles. The summed E-state index contributed by atoms with van der Waals surface area (Å²) in [5, 5.41) is 14.4. The van der Waals surface area contributed by atoms with E-state index in [2.05, 4.69) is 11.4 Å². The highest BCUT2D eigenvalue weighted by Gasteiger charge is 2.36. The van der Waals surface area contributed by atoms with Crippen molar-refractivity contribution in [1.29, 1.82) is 5.26 Å². The van der Waals surface area contributed by atoms with E-state index in [0.29, 0.717) is 34.5 Å². The van der Waals surface area contributed by atoms with E-state index in [4.69, 9.17) is 33.7 Å². The maximum absolute atomic E-state index is 9.73. The number of allylic oxidation sites excluding steroid dienone is 1. The molecule has 0 radical (unpaired) electrons. The van der Waals surface area contributed by atoms with E-state index in [-0.39, 0.29) is 11.8 Å². The standard InChI is InChI=1S/C22H17Cl2N3O/c23-18-7-3-1-5-13(18)9-14-11-27-12-17-20(15-6-2-4-8-19(15)24)16(10-25)22(26)28-21(14)17/h1-9,20,27H,11-12,26H2/b14-9+/t20-/m1/s1. The molecule has 0 unspecified atom stereocenters. The largest absolute Gasteiger partial charge is 0.440 e. The highest BCUT2D eigenvalue weighted by Crippen LogP contribution is 2.44. The highest BCUT2D eigenvalue weighted by molar-refractivity contribution is 6.32. The third-order valence-electron chi connectivity index (χ3n) is 4.90. The predicted molar refractivity (Wildman–Crippen MR) is 111 cm³/mol. The number of hydrogen-bond acceptors (Lipinski definition) is 4. The molecule has 2 aliphatic rings.